The highest BCUT2D eigenvalue weighted by Gasteiger charge is 2.07. The highest BCUT2D eigenvalue weighted by molar-refractivity contribution is 9.10. The first-order valence-electron chi connectivity index (χ1n) is 6.80. The third kappa shape index (κ3) is 4.29. The lowest BCUT2D eigenvalue weighted by molar-refractivity contribution is 0.463. The summed E-state index contributed by atoms with van der Waals surface area (Å²) >= 11 is 15.3. The lowest BCUT2D eigenvalue weighted by Gasteiger charge is -2.10. The van der Waals surface area contributed by atoms with E-state index in [0.29, 0.717) is 27.5 Å². The van der Waals surface area contributed by atoms with Gasteiger partial charge in [0.05, 0.1) is 10.0 Å². The number of nitrogens with one attached hydrogen (secondary N) is 1. The SMILES string of the molecule is Nc1nc(Nc2ccc(Cl)c(Cl)c2)cc(Oc2ccc(Br)cc2)n1. The minimum absolute atomic E-state index is 0.0900. The van der Waals surface area contributed by atoms with Gasteiger partial charge in [0, 0.05) is 16.2 Å². The van der Waals surface area contributed by atoms with E-state index in [4.69, 9.17) is 33.7 Å². The van der Waals surface area contributed by atoms with Crippen LogP contribution in [0.4, 0.5) is 17.5 Å². The maximum absolute atomic E-state index is 6.00. The summed E-state index contributed by atoms with van der Waals surface area (Å²) in [6, 6.07) is 14.2. The fraction of sp³-hybridized carbons (Fsp3) is 0. The molecule has 8 heteroatoms. The van der Waals surface area contributed by atoms with E-state index >= 15 is 0 Å². The van der Waals surface area contributed by atoms with Crippen molar-refractivity contribution in [1.82, 2.24) is 9.97 Å². The Morgan fingerprint density at radius 3 is 2.42 bits per heavy atom. The number of nitrogens with zero attached hydrogens (tertiary/aromatic N) is 2. The summed E-state index contributed by atoms with van der Waals surface area (Å²) in [5.41, 5.74) is 6.47. The highest BCUT2D eigenvalue weighted by atomic mass is 79.9. The Labute approximate surface area is 156 Å². The van der Waals surface area contributed by atoms with Crippen LogP contribution in [0.15, 0.2) is 53.0 Å². The Bertz CT molecular complexity index is 874. The molecular weight excluding hydrogens is 415 g/mol. The Hall–Kier alpha value is -2.02. The number of benzene rings is 2. The van der Waals surface area contributed by atoms with Gasteiger partial charge in [-0.1, -0.05) is 39.1 Å². The Balaban J connectivity index is 1.82. The van der Waals surface area contributed by atoms with E-state index in [1.807, 2.05) is 24.3 Å². The molecule has 0 aliphatic carbocycles. The van der Waals surface area contributed by atoms with Crippen LogP contribution in [-0.4, -0.2) is 9.97 Å². The van der Waals surface area contributed by atoms with Crippen LogP contribution in [0, 0.1) is 0 Å². The second kappa shape index (κ2) is 7.25. The molecule has 1 aromatic heterocycles. The lowest BCUT2D eigenvalue weighted by atomic mass is 10.3. The van der Waals surface area contributed by atoms with E-state index < -0.39 is 0 Å². The molecule has 0 unspecified atom stereocenters. The van der Waals surface area contributed by atoms with Gasteiger partial charge in [0.2, 0.25) is 11.8 Å². The van der Waals surface area contributed by atoms with E-state index in [1.165, 1.54) is 0 Å². The van der Waals surface area contributed by atoms with E-state index in [1.54, 1.807) is 24.3 Å². The van der Waals surface area contributed by atoms with Gasteiger partial charge < -0.3 is 15.8 Å². The molecule has 0 fully saturated rings. The average Bonchev–Trinajstić information content (AvgIpc) is 2.53. The molecule has 0 radical (unpaired) electrons. The first kappa shape index (κ1) is 16.8. The Kier molecular flexibility index (Phi) is 5.08. The molecule has 0 bridgehead atoms. The van der Waals surface area contributed by atoms with Crippen LogP contribution >= 0.6 is 39.1 Å². The molecule has 0 spiro atoms. The lowest BCUT2D eigenvalue weighted by Crippen LogP contribution is -2.01. The summed E-state index contributed by atoms with van der Waals surface area (Å²) in [5, 5.41) is 4.00. The first-order chi connectivity index (χ1) is 11.5. The molecule has 0 aliphatic heterocycles. The molecule has 0 saturated heterocycles. The van der Waals surface area contributed by atoms with Crippen LogP contribution in [0.2, 0.25) is 10.0 Å². The minimum Gasteiger partial charge on any atom is -0.439 e. The maximum Gasteiger partial charge on any atom is 0.226 e. The van der Waals surface area contributed by atoms with Gasteiger partial charge in [-0.15, -0.1) is 0 Å². The number of halogens is 3. The molecule has 0 atom stereocenters. The Morgan fingerprint density at radius 2 is 1.71 bits per heavy atom. The molecule has 5 nitrogen and oxygen atoms in total. The topological polar surface area (TPSA) is 73.1 Å². The third-order valence-corrected chi connectivity index (χ3v) is 4.22. The molecular formula is C16H11BrCl2N4O. The zero-order chi connectivity index (χ0) is 17.1. The smallest absolute Gasteiger partial charge is 0.226 e. The second-order valence-corrected chi connectivity index (χ2v) is 6.49. The van der Waals surface area contributed by atoms with Gasteiger partial charge in [0.25, 0.3) is 0 Å². The van der Waals surface area contributed by atoms with Crippen molar-refractivity contribution in [2.75, 3.05) is 11.1 Å². The number of aromatic nitrogens is 2. The van der Waals surface area contributed by atoms with E-state index in [2.05, 4.69) is 31.2 Å². The van der Waals surface area contributed by atoms with Crippen LogP contribution in [-0.2, 0) is 0 Å². The maximum atomic E-state index is 6.00. The van der Waals surface area contributed by atoms with Gasteiger partial charge in [-0.25, -0.2) is 0 Å². The highest BCUT2D eigenvalue weighted by Crippen LogP contribution is 2.28. The van der Waals surface area contributed by atoms with E-state index in [9.17, 15) is 0 Å². The van der Waals surface area contributed by atoms with Crippen LogP contribution in [0.25, 0.3) is 0 Å². The van der Waals surface area contributed by atoms with Crippen molar-refractivity contribution in [1.29, 1.82) is 0 Å². The van der Waals surface area contributed by atoms with Crippen molar-refractivity contribution in [2.24, 2.45) is 0 Å². The molecule has 3 N–H and O–H groups in total. The zero-order valence-electron chi connectivity index (χ0n) is 12.1. The Morgan fingerprint density at radius 1 is 0.958 bits per heavy atom. The van der Waals surface area contributed by atoms with Crippen LogP contribution in [0.1, 0.15) is 0 Å². The fourth-order valence-corrected chi connectivity index (χ4v) is 2.47. The number of hydrogen-bond acceptors (Lipinski definition) is 5. The fourth-order valence-electron chi connectivity index (χ4n) is 1.90. The number of ether oxygens (including phenoxy) is 1. The largest absolute Gasteiger partial charge is 0.439 e. The molecule has 0 saturated carbocycles. The number of anilines is 3. The number of nitrogens with two attached hydrogens (primary N) is 1. The molecule has 3 aromatic rings. The van der Waals surface area contributed by atoms with Gasteiger partial charge in [-0.2, -0.15) is 9.97 Å². The average molecular weight is 426 g/mol. The van der Waals surface area contributed by atoms with Crippen molar-refractivity contribution in [3.8, 4) is 11.6 Å². The van der Waals surface area contributed by atoms with Crippen molar-refractivity contribution >= 4 is 56.6 Å². The minimum atomic E-state index is 0.0900. The van der Waals surface area contributed by atoms with Crippen LogP contribution < -0.4 is 15.8 Å². The van der Waals surface area contributed by atoms with Crippen molar-refractivity contribution in [3.05, 3.63) is 63.0 Å². The third-order valence-electron chi connectivity index (χ3n) is 2.95. The first-order valence-corrected chi connectivity index (χ1v) is 8.34. The second-order valence-electron chi connectivity index (χ2n) is 4.76. The van der Waals surface area contributed by atoms with Gasteiger partial charge in [0.1, 0.15) is 11.6 Å². The molecule has 24 heavy (non-hydrogen) atoms. The quantitative estimate of drug-likeness (QED) is 0.563. The molecule has 2 aromatic carbocycles. The number of nitrogen functional groups attached to an aromatic ring is 1. The summed E-state index contributed by atoms with van der Waals surface area (Å²) in [7, 11) is 0. The standard InChI is InChI=1S/C16H11BrCl2N4O/c17-9-1-4-11(5-2-9)24-15-8-14(22-16(20)23-15)21-10-3-6-12(18)13(19)7-10/h1-8H,(H3,20,21,22,23). The monoisotopic (exact) mass is 424 g/mol. The van der Waals surface area contributed by atoms with Gasteiger partial charge in [-0.05, 0) is 42.5 Å². The summed E-state index contributed by atoms with van der Waals surface area (Å²) in [6.07, 6.45) is 0. The summed E-state index contributed by atoms with van der Waals surface area (Å²) in [4.78, 5) is 8.20. The molecule has 1 heterocycles. The predicted molar refractivity (Wildman–Crippen MR) is 100 cm³/mol. The van der Waals surface area contributed by atoms with Crippen LogP contribution in [0.5, 0.6) is 11.6 Å². The van der Waals surface area contributed by atoms with Crippen LogP contribution in [0.3, 0.4) is 0 Å². The molecule has 122 valence electrons. The van der Waals surface area contributed by atoms with E-state index in [0.717, 1.165) is 10.2 Å². The molecule has 0 aliphatic rings. The van der Waals surface area contributed by atoms with E-state index in [-0.39, 0.29) is 5.95 Å². The van der Waals surface area contributed by atoms with Gasteiger partial charge in [0.15, 0.2) is 0 Å². The number of rotatable bonds is 4. The zero-order valence-corrected chi connectivity index (χ0v) is 15.2. The van der Waals surface area contributed by atoms with Gasteiger partial charge in [-0.3, -0.25) is 0 Å². The van der Waals surface area contributed by atoms with Crippen molar-refractivity contribution < 1.29 is 4.74 Å². The van der Waals surface area contributed by atoms with Crippen molar-refractivity contribution in [2.45, 2.75) is 0 Å². The van der Waals surface area contributed by atoms with Crippen molar-refractivity contribution in [3.63, 3.8) is 0 Å². The number of hydrogen-bond donors (Lipinski definition) is 2. The van der Waals surface area contributed by atoms with Gasteiger partial charge >= 0.3 is 0 Å². The molecule has 3 rings (SSSR count). The molecule has 0 amide bonds. The summed E-state index contributed by atoms with van der Waals surface area (Å²) in [5.74, 6) is 1.53. The summed E-state index contributed by atoms with van der Waals surface area (Å²) < 4.78 is 6.65. The summed E-state index contributed by atoms with van der Waals surface area (Å²) in [6.45, 7) is 0. The normalized spacial score (nSPS) is 10.5. The predicted octanol–water partition coefficient (Wildman–Crippen LogP) is 5.66.